The first-order valence-electron chi connectivity index (χ1n) is 7.30. The van der Waals surface area contributed by atoms with Crippen molar-refractivity contribution in [2.24, 2.45) is 0 Å². The number of Topliss-reactive ketones (excluding diaryl/α,β-unsaturated/α-hetero) is 1. The number of aromatic nitrogens is 6. The number of carbonyl (C=O) groups is 1. The zero-order valence-electron chi connectivity index (χ0n) is 12.1. The molecule has 2 aromatic rings. The third kappa shape index (κ3) is 2.99. The van der Waals surface area contributed by atoms with E-state index in [9.17, 15) is 4.79 Å². The van der Waals surface area contributed by atoms with Gasteiger partial charge in [-0.25, -0.2) is 14.3 Å². The molecule has 0 unspecified atom stereocenters. The lowest BCUT2D eigenvalue weighted by Crippen LogP contribution is -2.29. The molecule has 3 heterocycles. The van der Waals surface area contributed by atoms with Gasteiger partial charge in [-0.3, -0.25) is 4.79 Å². The molecule has 0 amide bonds. The van der Waals surface area contributed by atoms with Crippen LogP contribution in [0.1, 0.15) is 42.1 Å². The molecule has 8 nitrogen and oxygen atoms in total. The second kappa shape index (κ2) is 6.13. The highest BCUT2D eigenvalue weighted by molar-refractivity contribution is 5.94. The molecule has 0 aliphatic carbocycles. The maximum atomic E-state index is 12.3. The smallest absolute Gasteiger partial charge is 0.192 e. The number of carbonyl (C=O) groups excluding carboxylic acids is 1. The summed E-state index contributed by atoms with van der Waals surface area (Å²) >= 11 is 0. The summed E-state index contributed by atoms with van der Waals surface area (Å²) in [4.78, 5) is 16.4. The van der Waals surface area contributed by atoms with Crippen LogP contribution in [0, 0.1) is 0 Å². The van der Waals surface area contributed by atoms with Crippen molar-refractivity contribution in [3.05, 3.63) is 24.0 Å². The summed E-state index contributed by atoms with van der Waals surface area (Å²) in [6.07, 6.45) is 5.46. The van der Waals surface area contributed by atoms with Crippen molar-refractivity contribution in [2.45, 2.75) is 38.8 Å². The number of piperidine rings is 1. The number of nitrogens with one attached hydrogen (secondary N) is 1. The SMILES string of the molecule is CCn1ncnc1CC(=O)c1cn(C2CCNCC2)nn1. The van der Waals surface area contributed by atoms with Crippen molar-refractivity contribution >= 4 is 5.78 Å². The predicted molar refractivity (Wildman–Crippen MR) is 74.9 cm³/mol. The van der Waals surface area contributed by atoms with Crippen molar-refractivity contribution in [1.29, 1.82) is 0 Å². The van der Waals surface area contributed by atoms with E-state index >= 15 is 0 Å². The fourth-order valence-electron chi connectivity index (χ4n) is 2.58. The van der Waals surface area contributed by atoms with Crippen molar-refractivity contribution in [1.82, 2.24) is 35.1 Å². The third-order valence-corrected chi connectivity index (χ3v) is 3.79. The van der Waals surface area contributed by atoms with Gasteiger partial charge in [0.15, 0.2) is 5.78 Å². The number of nitrogens with zero attached hydrogens (tertiary/aromatic N) is 6. The predicted octanol–water partition coefficient (Wildman–Crippen LogP) is 0.239. The van der Waals surface area contributed by atoms with E-state index in [2.05, 4.69) is 25.7 Å². The molecule has 1 N–H and O–H groups in total. The molecule has 0 atom stereocenters. The minimum atomic E-state index is -0.0714. The molecule has 0 spiro atoms. The molecular formula is C13H19N7O. The van der Waals surface area contributed by atoms with Gasteiger partial charge in [0.05, 0.1) is 18.7 Å². The third-order valence-electron chi connectivity index (χ3n) is 3.79. The van der Waals surface area contributed by atoms with Crippen LogP contribution in [0.25, 0.3) is 0 Å². The lowest BCUT2D eigenvalue weighted by atomic mass is 10.1. The van der Waals surface area contributed by atoms with Crippen LogP contribution in [0.2, 0.25) is 0 Å². The lowest BCUT2D eigenvalue weighted by Gasteiger charge is -2.22. The molecule has 21 heavy (non-hydrogen) atoms. The van der Waals surface area contributed by atoms with Crippen LogP contribution < -0.4 is 5.32 Å². The summed E-state index contributed by atoms with van der Waals surface area (Å²) < 4.78 is 3.54. The molecular weight excluding hydrogens is 270 g/mol. The molecule has 0 radical (unpaired) electrons. The number of hydrogen-bond acceptors (Lipinski definition) is 6. The largest absolute Gasteiger partial charge is 0.317 e. The van der Waals surface area contributed by atoms with Gasteiger partial charge in [0, 0.05) is 6.54 Å². The Kier molecular flexibility index (Phi) is 4.05. The maximum absolute atomic E-state index is 12.3. The molecule has 0 saturated carbocycles. The number of hydrogen-bond donors (Lipinski definition) is 1. The van der Waals surface area contributed by atoms with Crippen molar-refractivity contribution < 1.29 is 4.79 Å². The molecule has 2 aromatic heterocycles. The molecule has 3 rings (SSSR count). The number of ketones is 1. The molecule has 8 heteroatoms. The lowest BCUT2D eigenvalue weighted by molar-refractivity contribution is 0.0984. The monoisotopic (exact) mass is 289 g/mol. The summed E-state index contributed by atoms with van der Waals surface area (Å²) in [6.45, 7) is 4.63. The topological polar surface area (TPSA) is 90.5 Å². The zero-order valence-corrected chi connectivity index (χ0v) is 12.1. The summed E-state index contributed by atoms with van der Waals surface area (Å²) in [5.74, 6) is 0.594. The first kappa shape index (κ1) is 13.9. The van der Waals surface area contributed by atoms with Gasteiger partial charge < -0.3 is 5.32 Å². The van der Waals surface area contributed by atoms with Crippen LogP contribution in [0.4, 0.5) is 0 Å². The Morgan fingerprint density at radius 3 is 3.00 bits per heavy atom. The van der Waals surface area contributed by atoms with Crippen LogP contribution in [0.5, 0.6) is 0 Å². The van der Waals surface area contributed by atoms with Crippen LogP contribution in [-0.2, 0) is 13.0 Å². The normalized spacial score (nSPS) is 16.2. The van der Waals surface area contributed by atoms with E-state index in [0.717, 1.165) is 25.9 Å². The van der Waals surface area contributed by atoms with Crippen LogP contribution in [0.15, 0.2) is 12.5 Å². The second-order valence-corrected chi connectivity index (χ2v) is 5.16. The summed E-state index contributed by atoms with van der Waals surface area (Å²) in [5.41, 5.74) is 0.402. The first-order valence-corrected chi connectivity index (χ1v) is 7.30. The molecule has 1 aliphatic heterocycles. The molecule has 0 aromatic carbocycles. The Morgan fingerprint density at radius 1 is 1.43 bits per heavy atom. The number of aryl methyl sites for hydroxylation is 1. The molecule has 1 fully saturated rings. The van der Waals surface area contributed by atoms with Gasteiger partial charge in [-0.1, -0.05) is 5.21 Å². The van der Waals surface area contributed by atoms with E-state index < -0.39 is 0 Å². The average molecular weight is 289 g/mol. The zero-order chi connectivity index (χ0) is 14.7. The van der Waals surface area contributed by atoms with Gasteiger partial charge >= 0.3 is 0 Å². The van der Waals surface area contributed by atoms with Gasteiger partial charge in [0.25, 0.3) is 0 Å². The standard InChI is InChI=1S/C13H19N7O/c1-2-19-13(15-9-16-19)7-12(21)11-8-20(18-17-11)10-3-5-14-6-4-10/h8-10,14H,2-7H2,1H3. The Bertz CT molecular complexity index is 612. The van der Waals surface area contributed by atoms with Crippen LogP contribution in [0.3, 0.4) is 0 Å². The van der Waals surface area contributed by atoms with Crippen molar-refractivity contribution in [3.63, 3.8) is 0 Å². The minimum Gasteiger partial charge on any atom is -0.317 e. The van der Waals surface area contributed by atoms with Gasteiger partial charge in [0.2, 0.25) is 0 Å². The summed E-state index contributed by atoms with van der Waals surface area (Å²) in [5, 5.41) is 15.5. The van der Waals surface area contributed by atoms with Crippen LogP contribution in [-0.4, -0.2) is 48.6 Å². The van der Waals surface area contributed by atoms with E-state index in [1.807, 2.05) is 11.6 Å². The number of rotatable bonds is 5. The van der Waals surface area contributed by atoms with Gasteiger partial charge in [-0.05, 0) is 32.9 Å². The summed E-state index contributed by atoms with van der Waals surface area (Å²) in [7, 11) is 0. The van der Waals surface area contributed by atoms with Crippen LogP contribution >= 0.6 is 0 Å². The Balaban J connectivity index is 1.69. The van der Waals surface area contributed by atoms with Gasteiger partial charge in [-0.2, -0.15) is 5.10 Å². The fraction of sp³-hybridized carbons (Fsp3) is 0.615. The van der Waals surface area contributed by atoms with Gasteiger partial charge in [0.1, 0.15) is 17.8 Å². The van der Waals surface area contributed by atoms with E-state index in [4.69, 9.17) is 0 Å². The quantitative estimate of drug-likeness (QED) is 0.793. The molecule has 1 aliphatic rings. The highest BCUT2D eigenvalue weighted by Gasteiger charge is 2.19. The molecule has 112 valence electrons. The Hall–Kier alpha value is -2.09. The van der Waals surface area contributed by atoms with Crippen molar-refractivity contribution in [2.75, 3.05) is 13.1 Å². The highest BCUT2D eigenvalue weighted by atomic mass is 16.1. The average Bonchev–Trinajstić information content (AvgIpc) is 3.17. The van der Waals surface area contributed by atoms with E-state index in [-0.39, 0.29) is 12.2 Å². The van der Waals surface area contributed by atoms with E-state index in [0.29, 0.717) is 24.1 Å². The highest BCUT2D eigenvalue weighted by Crippen LogP contribution is 2.17. The Morgan fingerprint density at radius 2 is 2.24 bits per heavy atom. The summed E-state index contributed by atoms with van der Waals surface area (Å²) in [6, 6.07) is 0.333. The molecule has 0 bridgehead atoms. The van der Waals surface area contributed by atoms with E-state index in [1.165, 1.54) is 6.33 Å². The molecule has 1 saturated heterocycles. The second-order valence-electron chi connectivity index (χ2n) is 5.16. The van der Waals surface area contributed by atoms with Crippen molar-refractivity contribution in [3.8, 4) is 0 Å². The minimum absolute atomic E-state index is 0.0714. The van der Waals surface area contributed by atoms with E-state index in [1.54, 1.807) is 10.9 Å². The first-order chi connectivity index (χ1) is 10.3. The maximum Gasteiger partial charge on any atom is 0.192 e. The van der Waals surface area contributed by atoms with Gasteiger partial charge in [-0.15, -0.1) is 5.10 Å². The fourth-order valence-corrected chi connectivity index (χ4v) is 2.58. The Labute approximate surface area is 122 Å².